The molecule has 0 radical (unpaired) electrons. The Morgan fingerprint density at radius 2 is 1.05 bits per heavy atom. The van der Waals surface area contributed by atoms with Crippen LogP contribution in [0.15, 0.2) is 34.8 Å². The molecule has 0 saturated carbocycles. The predicted octanol–water partition coefficient (Wildman–Crippen LogP) is 2.76. The molecule has 2 aromatic heterocycles. The van der Waals surface area contributed by atoms with Crippen molar-refractivity contribution in [2.75, 3.05) is 52.6 Å². The van der Waals surface area contributed by atoms with Gasteiger partial charge in [0, 0.05) is 17.6 Å². The first-order valence-electron chi connectivity index (χ1n) is 13.4. The molecule has 0 aliphatic heterocycles. The summed E-state index contributed by atoms with van der Waals surface area (Å²) in [5, 5.41) is 0. The van der Waals surface area contributed by atoms with E-state index < -0.39 is 23.9 Å². The summed E-state index contributed by atoms with van der Waals surface area (Å²) in [5.41, 5.74) is 2.28. The minimum absolute atomic E-state index is 0.104. The van der Waals surface area contributed by atoms with Crippen LogP contribution in [0.4, 0.5) is 0 Å². The zero-order valence-electron chi connectivity index (χ0n) is 23.9. The molecule has 0 atom stereocenters. The molecule has 0 N–H and O–H groups in total. The van der Waals surface area contributed by atoms with E-state index in [9.17, 15) is 19.2 Å². The van der Waals surface area contributed by atoms with E-state index in [1.165, 1.54) is 0 Å². The van der Waals surface area contributed by atoms with Crippen LogP contribution in [0.2, 0.25) is 0 Å². The van der Waals surface area contributed by atoms with Crippen LogP contribution in [-0.2, 0) is 51.2 Å². The molecule has 2 rings (SSSR count). The first-order valence-corrected chi connectivity index (χ1v) is 14.2. The van der Waals surface area contributed by atoms with Gasteiger partial charge >= 0.3 is 23.9 Å². The third kappa shape index (κ3) is 12.3. The molecule has 0 amide bonds. The highest BCUT2D eigenvalue weighted by atomic mass is 79.9. The molecule has 0 aliphatic rings. The highest BCUT2D eigenvalue weighted by Crippen LogP contribution is 2.26. The van der Waals surface area contributed by atoms with E-state index in [-0.39, 0.29) is 65.7 Å². The van der Waals surface area contributed by atoms with Gasteiger partial charge in [-0.1, -0.05) is 6.07 Å². The number of hydrogen-bond donors (Lipinski definition) is 0. The van der Waals surface area contributed by atoms with Gasteiger partial charge in [-0.05, 0) is 67.9 Å². The number of ether oxygens (including phenoxy) is 4. The Morgan fingerprint density at radius 3 is 1.46 bits per heavy atom. The Bertz CT molecular complexity index is 1140. The van der Waals surface area contributed by atoms with Crippen molar-refractivity contribution in [2.24, 2.45) is 0 Å². The minimum atomic E-state index is -0.460. The van der Waals surface area contributed by atoms with Crippen LogP contribution in [0.25, 0.3) is 11.4 Å². The lowest BCUT2D eigenvalue weighted by Gasteiger charge is -2.21. The van der Waals surface area contributed by atoms with Gasteiger partial charge in [-0.25, -0.2) is 9.97 Å². The lowest BCUT2D eigenvalue weighted by molar-refractivity contribution is -0.150. The molecule has 0 aliphatic carbocycles. The smallest absolute Gasteiger partial charge is 0.320 e. The monoisotopic (exact) mass is 636 g/mol. The number of aromatic nitrogens is 2. The van der Waals surface area contributed by atoms with E-state index in [4.69, 9.17) is 28.9 Å². The molecule has 0 spiro atoms. The number of halogens is 1. The topological polar surface area (TPSA) is 137 Å². The van der Waals surface area contributed by atoms with Gasteiger partial charge < -0.3 is 18.9 Å². The van der Waals surface area contributed by atoms with Crippen molar-refractivity contribution < 1.29 is 38.1 Å². The Kier molecular flexibility index (Phi) is 14.9. The van der Waals surface area contributed by atoms with Crippen LogP contribution in [0.1, 0.15) is 39.1 Å². The Labute approximate surface area is 248 Å². The third-order valence-electron chi connectivity index (χ3n) is 5.36. The summed E-state index contributed by atoms with van der Waals surface area (Å²) in [6.07, 6.45) is 0. The second-order valence-electron chi connectivity index (χ2n) is 8.66. The van der Waals surface area contributed by atoms with Crippen LogP contribution in [0.3, 0.4) is 0 Å². The molecular weight excluding hydrogens is 600 g/mol. The maximum atomic E-state index is 12.1. The molecule has 13 heteroatoms. The van der Waals surface area contributed by atoms with E-state index in [0.717, 1.165) is 0 Å². The molecule has 41 heavy (non-hydrogen) atoms. The molecule has 0 unspecified atom stereocenters. The summed E-state index contributed by atoms with van der Waals surface area (Å²) in [6.45, 7) is 7.72. The zero-order valence-corrected chi connectivity index (χ0v) is 25.5. The molecule has 2 aromatic rings. The summed E-state index contributed by atoms with van der Waals surface area (Å²) in [4.78, 5) is 61.2. The zero-order chi connectivity index (χ0) is 30.2. The van der Waals surface area contributed by atoms with Crippen molar-refractivity contribution in [3.63, 3.8) is 0 Å². The standard InChI is InChI=1S/C28H37BrN4O8/c1-5-38-24(34)16-32(17-25(35)39-6-2)14-20-10-9-11-23(30-20)28-22(29)13-12-21(31-28)15-33(18-26(36)40-7-3)19-27(37)41-8-4/h9-13H,5-8,14-19H2,1-4H3. The Morgan fingerprint density at radius 1 is 0.634 bits per heavy atom. The van der Waals surface area contributed by atoms with Gasteiger partial charge in [-0.3, -0.25) is 29.0 Å². The number of rotatable bonds is 17. The van der Waals surface area contributed by atoms with E-state index in [2.05, 4.69) is 15.9 Å². The normalized spacial score (nSPS) is 10.9. The van der Waals surface area contributed by atoms with Crippen molar-refractivity contribution >= 4 is 39.8 Å². The van der Waals surface area contributed by atoms with Crippen molar-refractivity contribution in [3.05, 3.63) is 46.2 Å². The molecule has 0 fully saturated rings. The van der Waals surface area contributed by atoms with Gasteiger partial charge in [0.1, 0.15) is 5.69 Å². The molecule has 0 bridgehead atoms. The molecule has 224 valence electrons. The average molecular weight is 638 g/mol. The van der Waals surface area contributed by atoms with Crippen LogP contribution in [0.5, 0.6) is 0 Å². The van der Waals surface area contributed by atoms with Crippen molar-refractivity contribution in [2.45, 2.75) is 40.8 Å². The molecule has 2 heterocycles. The first-order chi connectivity index (χ1) is 19.7. The third-order valence-corrected chi connectivity index (χ3v) is 6.00. The number of nitrogens with zero attached hydrogens (tertiary/aromatic N) is 4. The molecule has 12 nitrogen and oxygen atoms in total. The fraction of sp³-hybridized carbons (Fsp3) is 0.500. The fourth-order valence-corrected chi connectivity index (χ4v) is 4.22. The summed E-state index contributed by atoms with van der Waals surface area (Å²) in [6, 6.07) is 8.97. The van der Waals surface area contributed by atoms with Crippen LogP contribution in [-0.4, -0.2) is 96.3 Å². The van der Waals surface area contributed by atoms with E-state index in [1.54, 1.807) is 61.8 Å². The number of esters is 4. The molecule has 0 saturated heterocycles. The van der Waals surface area contributed by atoms with E-state index in [1.807, 2.05) is 6.07 Å². The number of hydrogen-bond acceptors (Lipinski definition) is 12. The highest BCUT2D eigenvalue weighted by Gasteiger charge is 2.20. The van der Waals surface area contributed by atoms with Gasteiger partial charge in [-0.15, -0.1) is 0 Å². The first kappa shape index (κ1) is 33.8. The summed E-state index contributed by atoms with van der Waals surface area (Å²) < 4.78 is 20.9. The van der Waals surface area contributed by atoms with Crippen LogP contribution >= 0.6 is 15.9 Å². The van der Waals surface area contributed by atoms with Crippen molar-refractivity contribution in [1.29, 1.82) is 0 Å². The fourth-order valence-electron chi connectivity index (χ4n) is 3.80. The largest absolute Gasteiger partial charge is 0.465 e. The molecular formula is C28H37BrN4O8. The maximum Gasteiger partial charge on any atom is 0.320 e. The lowest BCUT2D eigenvalue weighted by atomic mass is 10.2. The Balaban J connectivity index is 2.29. The molecule has 0 aromatic carbocycles. The minimum Gasteiger partial charge on any atom is -0.465 e. The Hall–Kier alpha value is -3.42. The van der Waals surface area contributed by atoms with E-state index in [0.29, 0.717) is 27.2 Å². The maximum absolute atomic E-state index is 12.1. The van der Waals surface area contributed by atoms with Crippen molar-refractivity contribution in [1.82, 2.24) is 19.8 Å². The van der Waals surface area contributed by atoms with Gasteiger partial charge in [0.15, 0.2) is 0 Å². The summed E-state index contributed by atoms with van der Waals surface area (Å²) in [7, 11) is 0. The lowest BCUT2D eigenvalue weighted by Crippen LogP contribution is -2.36. The number of pyridine rings is 2. The average Bonchev–Trinajstić information content (AvgIpc) is 2.90. The highest BCUT2D eigenvalue weighted by molar-refractivity contribution is 9.10. The van der Waals surface area contributed by atoms with Crippen LogP contribution < -0.4 is 0 Å². The van der Waals surface area contributed by atoms with E-state index >= 15 is 0 Å². The summed E-state index contributed by atoms with van der Waals surface area (Å²) in [5.74, 6) is -1.84. The van der Waals surface area contributed by atoms with Gasteiger partial charge in [0.25, 0.3) is 0 Å². The van der Waals surface area contributed by atoms with Crippen LogP contribution in [0, 0.1) is 0 Å². The number of carbonyl (C=O) groups is 4. The van der Waals surface area contributed by atoms with Crippen molar-refractivity contribution in [3.8, 4) is 11.4 Å². The second kappa shape index (κ2) is 18.1. The summed E-state index contributed by atoms with van der Waals surface area (Å²) >= 11 is 3.53. The second-order valence-corrected chi connectivity index (χ2v) is 9.51. The van der Waals surface area contributed by atoms with Gasteiger partial charge in [0.2, 0.25) is 0 Å². The quantitative estimate of drug-likeness (QED) is 0.186. The SMILES string of the molecule is CCOC(=O)CN(CC(=O)OCC)Cc1cccc(-c2nc(CN(CC(=O)OCC)CC(=O)OCC)ccc2Br)n1. The predicted molar refractivity (Wildman–Crippen MR) is 152 cm³/mol. The number of carbonyl (C=O) groups excluding carboxylic acids is 4. The van der Waals surface area contributed by atoms with Gasteiger partial charge in [-0.2, -0.15) is 0 Å². The van der Waals surface area contributed by atoms with Gasteiger partial charge in [0.05, 0.1) is 69.7 Å².